The Labute approximate surface area is 140 Å². The number of β-amino-alcohol motifs (C(OH)–C–C–N with tert-alkyl or cyclic N) is 1. The van der Waals surface area contributed by atoms with E-state index in [0.29, 0.717) is 13.1 Å². The van der Waals surface area contributed by atoms with Gasteiger partial charge in [0.05, 0.1) is 19.2 Å². The lowest BCUT2D eigenvalue weighted by Crippen LogP contribution is -2.65. The fourth-order valence-corrected chi connectivity index (χ4v) is 2.01. The smallest absolute Gasteiger partial charge is 0.410 e. The number of hydrogen-bond donors (Lipinski definition) is 4. The molecule has 0 aliphatic carbocycles. The largest absolute Gasteiger partial charge is 0.445 e. The van der Waals surface area contributed by atoms with Gasteiger partial charge < -0.3 is 35.2 Å². The maximum Gasteiger partial charge on any atom is 0.410 e. The molecule has 9 nitrogen and oxygen atoms in total. The van der Waals surface area contributed by atoms with Crippen LogP contribution in [0, 0.1) is 0 Å². The molecular formula is C15H25N3O6. The predicted octanol–water partition coefficient (Wildman–Crippen LogP) is -0.782. The molecule has 0 aromatic heterocycles. The Hall–Kier alpha value is -2.10. The lowest BCUT2D eigenvalue weighted by atomic mass is 9.96. The molecule has 0 saturated carbocycles. The third-order valence-electron chi connectivity index (χ3n) is 3.22. The van der Waals surface area contributed by atoms with Gasteiger partial charge in [0, 0.05) is 19.6 Å². The molecule has 1 rings (SSSR count). The van der Waals surface area contributed by atoms with E-state index in [1.807, 2.05) is 0 Å². The van der Waals surface area contributed by atoms with Gasteiger partial charge in [-0.1, -0.05) is 25.3 Å². The van der Waals surface area contributed by atoms with Crippen LogP contribution in [0.15, 0.2) is 25.3 Å². The average molecular weight is 343 g/mol. The van der Waals surface area contributed by atoms with Crippen molar-refractivity contribution < 1.29 is 29.3 Å². The van der Waals surface area contributed by atoms with Gasteiger partial charge in [-0.15, -0.1) is 0 Å². The third kappa shape index (κ3) is 6.99. The van der Waals surface area contributed by atoms with E-state index in [0.717, 1.165) is 0 Å². The highest BCUT2D eigenvalue weighted by Gasteiger charge is 2.38. The SMILES string of the molecule is C=CCOC(=O)NC[C@@H](O)CN(CC1(O)CNC1)C(=O)OCC=C. The van der Waals surface area contributed by atoms with Gasteiger partial charge in [0.2, 0.25) is 0 Å². The summed E-state index contributed by atoms with van der Waals surface area (Å²) in [5.41, 5.74) is -1.05. The van der Waals surface area contributed by atoms with Crippen molar-refractivity contribution in [2.75, 3.05) is 45.9 Å². The summed E-state index contributed by atoms with van der Waals surface area (Å²) >= 11 is 0. The van der Waals surface area contributed by atoms with Crippen LogP contribution in [0.2, 0.25) is 0 Å². The Morgan fingerprint density at radius 1 is 1.29 bits per heavy atom. The average Bonchev–Trinajstić information content (AvgIpc) is 2.53. The predicted molar refractivity (Wildman–Crippen MR) is 86.5 cm³/mol. The molecule has 2 amide bonds. The summed E-state index contributed by atoms with van der Waals surface area (Å²) in [5, 5.41) is 25.4. The van der Waals surface area contributed by atoms with E-state index in [-0.39, 0.29) is 32.8 Å². The molecule has 24 heavy (non-hydrogen) atoms. The minimum Gasteiger partial charge on any atom is -0.445 e. The van der Waals surface area contributed by atoms with E-state index < -0.39 is 23.9 Å². The van der Waals surface area contributed by atoms with Crippen LogP contribution in [0.4, 0.5) is 9.59 Å². The molecule has 1 aliphatic rings. The normalized spacial score (nSPS) is 16.2. The summed E-state index contributed by atoms with van der Waals surface area (Å²) in [7, 11) is 0. The van der Waals surface area contributed by atoms with Crippen molar-refractivity contribution in [3.05, 3.63) is 25.3 Å². The summed E-state index contributed by atoms with van der Waals surface area (Å²) in [6, 6.07) is 0. The summed E-state index contributed by atoms with van der Waals surface area (Å²) in [6.45, 7) is 7.42. The van der Waals surface area contributed by atoms with Crippen LogP contribution >= 0.6 is 0 Å². The number of amides is 2. The van der Waals surface area contributed by atoms with Gasteiger partial charge in [0.25, 0.3) is 0 Å². The first-order valence-electron chi connectivity index (χ1n) is 7.55. The Balaban J connectivity index is 2.49. The molecular weight excluding hydrogens is 318 g/mol. The number of aliphatic hydroxyl groups excluding tert-OH is 1. The first-order chi connectivity index (χ1) is 11.4. The van der Waals surface area contributed by atoms with E-state index in [1.54, 1.807) is 0 Å². The summed E-state index contributed by atoms with van der Waals surface area (Å²) in [5.74, 6) is 0. The topological polar surface area (TPSA) is 120 Å². The van der Waals surface area contributed by atoms with Gasteiger partial charge in [-0.3, -0.25) is 0 Å². The second-order valence-corrected chi connectivity index (χ2v) is 5.50. The monoisotopic (exact) mass is 343 g/mol. The van der Waals surface area contributed by atoms with Crippen molar-refractivity contribution in [3.63, 3.8) is 0 Å². The van der Waals surface area contributed by atoms with Crippen LogP contribution in [0.5, 0.6) is 0 Å². The number of nitrogens with one attached hydrogen (secondary N) is 2. The maximum atomic E-state index is 12.0. The number of nitrogens with zero attached hydrogens (tertiary/aromatic N) is 1. The molecule has 0 bridgehead atoms. The number of carbonyl (C=O) groups is 2. The lowest BCUT2D eigenvalue weighted by molar-refractivity contribution is -0.0424. The van der Waals surface area contributed by atoms with Crippen LogP contribution in [-0.4, -0.2) is 84.9 Å². The fraction of sp³-hybridized carbons (Fsp3) is 0.600. The fourth-order valence-electron chi connectivity index (χ4n) is 2.01. The zero-order valence-corrected chi connectivity index (χ0v) is 13.6. The van der Waals surface area contributed by atoms with Gasteiger partial charge in [0.1, 0.15) is 18.8 Å². The standard InChI is InChI=1S/C15H25N3O6/c1-3-5-23-13(20)17-7-12(19)8-18(14(21)24-6-4-2)11-15(22)9-16-10-15/h3-4,12,16,19,22H,1-2,5-11H2,(H,17,20)/t12-/m1/s1. The first kappa shape index (κ1) is 19.9. The van der Waals surface area contributed by atoms with E-state index in [4.69, 9.17) is 9.47 Å². The van der Waals surface area contributed by atoms with Crippen molar-refractivity contribution in [1.29, 1.82) is 0 Å². The van der Waals surface area contributed by atoms with Gasteiger partial charge in [-0.25, -0.2) is 9.59 Å². The number of alkyl carbamates (subject to hydrolysis) is 1. The number of ether oxygens (including phenoxy) is 2. The molecule has 0 unspecified atom stereocenters. The minimum absolute atomic E-state index is 0.00788. The lowest BCUT2D eigenvalue weighted by Gasteiger charge is -2.41. The summed E-state index contributed by atoms with van der Waals surface area (Å²) in [4.78, 5) is 24.5. The van der Waals surface area contributed by atoms with Crippen molar-refractivity contribution in [2.24, 2.45) is 0 Å². The third-order valence-corrected chi connectivity index (χ3v) is 3.22. The van der Waals surface area contributed by atoms with Gasteiger partial charge >= 0.3 is 12.2 Å². The number of aliphatic hydroxyl groups is 2. The molecule has 1 aliphatic heterocycles. The van der Waals surface area contributed by atoms with Crippen molar-refractivity contribution in [1.82, 2.24) is 15.5 Å². The molecule has 4 N–H and O–H groups in total. The van der Waals surface area contributed by atoms with E-state index >= 15 is 0 Å². The van der Waals surface area contributed by atoms with E-state index in [9.17, 15) is 19.8 Å². The zero-order chi connectivity index (χ0) is 18.0. The molecule has 9 heteroatoms. The zero-order valence-electron chi connectivity index (χ0n) is 13.6. The van der Waals surface area contributed by atoms with Crippen molar-refractivity contribution in [3.8, 4) is 0 Å². The Morgan fingerprint density at radius 2 is 1.92 bits per heavy atom. The second-order valence-electron chi connectivity index (χ2n) is 5.50. The van der Waals surface area contributed by atoms with Gasteiger partial charge in [0.15, 0.2) is 0 Å². The Morgan fingerprint density at radius 3 is 2.46 bits per heavy atom. The molecule has 1 saturated heterocycles. The Bertz CT molecular complexity index is 452. The molecule has 0 spiro atoms. The first-order valence-corrected chi connectivity index (χ1v) is 7.55. The van der Waals surface area contributed by atoms with Crippen molar-refractivity contribution >= 4 is 12.2 Å². The highest BCUT2D eigenvalue weighted by atomic mass is 16.6. The van der Waals surface area contributed by atoms with Crippen LogP contribution in [-0.2, 0) is 9.47 Å². The highest BCUT2D eigenvalue weighted by molar-refractivity contribution is 5.68. The van der Waals surface area contributed by atoms with E-state index in [1.165, 1.54) is 17.1 Å². The number of carbonyl (C=O) groups excluding carboxylic acids is 2. The van der Waals surface area contributed by atoms with Crippen LogP contribution < -0.4 is 10.6 Å². The number of rotatable bonds is 10. The van der Waals surface area contributed by atoms with Crippen LogP contribution in [0.1, 0.15) is 0 Å². The molecule has 1 fully saturated rings. The number of hydrogen-bond acceptors (Lipinski definition) is 7. The molecule has 0 radical (unpaired) electrons. The second kappa shape index (κ2) is 9.91. The van der Waals surface area contributed by atoms with Crippen LogP contribution in [0.25, 0.3) is 0 Å². The maximum absolute atomic E-state index is 12.0. The van der Waals surface area contributed by atoms with Gasteiger partial charge in [-0.05, 0) is 0 Å². The van der Waals surface area contributed by atoms with E-state index in [2.05, 4.69) is 23.8 Å². The van der Waals surface area contributed by atoms with Gasteiger partial charge in [-0.2, -0.15) is 0 Å². The molecule has 136 valence electrons. The van der Waals surface area contributed by atoms with Crippen LogP contribution in [0.3, 0.4) is 0 Å². The molecule has 0 aromatic rings. The molecule has 1 atom stereocenters. The van der Waals surface area contributed by atoms with Crippen molar-refractivity contribution in [2.45, 2.75) is 11.7 Å². The molecule has 0 aromatic carbocycles. The summed E-state index contributed by atoms with van der Waals surface area (Å²) in [6.07, 6.45) is 0.415. The highest BCUT2D eigenvalue weighted by Crippen LogP contribution is 2.14. The minimum atomic E-state index is -1.05. The molecule has 1 heterocycles. The Kier molecular flexibility index (Phi) is 8.24. The quantitative estimate of drug-likeness (QED) is 0.384. The summed E-state index contributed by atoms with van der Waals surface area (Å²) < 4.78 is 9.66.